The predicted molar refractivity (Wildman–Crippen MR) is 35.6 cm³/mol. The topological polar surface area (TPSA) is 43.1 Å². The summed E-state index contributed by atoms with van der Waals surface area (Å²) in [5.74, 6) is 0.851. The van der Waals surface area contributed by atoms with Gasteiger partial charge in [-0.25, -0.2) is 0 Å². The highest BCUT2D eigenvalue weighted by Crippen LogP contribution is 2.01. The molecular weight excluding hydrogens is 130 g/mol. The first-order valence-corrected chi connectivity index (χ1v) is 3.10. The summed E-state index contributed by atoms with van der Waals surface area (Å²) in [5, 5.41) is 3.66. The number of aromatic nitrogens is 1. The van der Waals surface area contributed by atoms with Gasteiger partial charge in [-0.2, -0.15) is 0 Å². The molecule has 0 aliphatic rings. The van der Waals surface area contributed by atoms with Crippen molar-refractivity contribution in [1.29, 1.82) is 0 Å². The lowest BCUT2D eigenvalue weighted by molar-refractivity contribution is -0.116. The van der Waals surface area contributed by atoms with Crippen LogP contribution in [0.3, 0.4) is 0 Å². The van der Waals surface area contributed by atoms with Crippen molar-refractivity contribution in [2.75, 3.05) is 0 Å². The molecule has 0 amide bonds. The van der Waals surface area contributed by atoms with Crippen molar-refractivity contribution in [1.82, 2.24) is 5.16 Å². The van der Waals surface area contributed by atoms with Crippen LogP contribution in [0.25, 0.3) is 0 Å². The summed E-state index contributed by atoms with van der Waals surface area (Å²) in [6.45, 7) is 3.33. The van der Waals surface area contributed by atoms with Gasteiger partial charge in [0.05, 0.1) is 12.1 Å². The molecule has 54 valence electrons. The van der Waals surface area contributed by atoms with Gasteiger partial charge in [-0.1, -0.05) is 5.16 Å². The second-order valence-electron chi connectivity index (χ2n) is 2.31. The van der Waals surface area contributed by atoms with Crippen molar-refractivity contribution in [3.8, 4) is 0 Å². The van der Waals surface area contributed by atoms with Gasteiger partial charge in [0, 0.05) is 6.07 Å². The molecule has 0 aliphatic carbocycles. The minimum absolute atomic E-state index is 0.105. The van der Waals surface area contributed by atoms with Gasteiger partial charge >= 0.3 is 0 Å². The number of nitrogens with zero attached hydrogens (tertiary/aromatic N) is 1. The van der Waals surface area contributed by atoms with Crippen molar-refractivity contribution in [2.45, 2.75) is 20.3 Å². The van der Waals surface area contributed by atoms with E-state index in [2.05, 4.69) is 5.16 Å². The zero-order valence-corrected chi connectivity index (χ0v) is 6.05. The lowest BCUT2D eigenvalue weighted by Crippen LogP contribution is -1.95. The maximum Gasteiger partial charge on any atom is 0.135 e. The molecule has 1 aromatic heterocycles. The molecule has 0 aromatic carbocycles. The summed E-state index contributed by atoms with van der Waals surface area (Å²) < 4.78 is 4.76. The molecule has 10 heavy (non-hydrogen) atoms. The van der Waals surface area contributed by atoms with Crippen molar-refractivity contribution in [2.24, 2.45) is 0 Å². The van der Waals surface area contributed by atoms with Crippen LogP contribution in [0, 0.1) is 6.92 Å². The third-order valence-electron chi connectivity index (χ3n) is 1.11. The Morgan fingerprint density at radius 3 is 2.90 bits per heavy atom. The third-order valence-corrected chi connectivity index (χ3v) is 1.11. The summed E-state index contributed by atoms with van der Waals surface area (Å²) in [5.41, 5.74) is 0.713. The Kier molecular flexibility index (Phi) is 1.85. The number of rotatable bonds is 2. The molecule has 0 bridgehead atoms. The predicted octanol–water partition coefficient (Wildman–Crippen LogP) is 1.11. The molecule has 1 heterocycles. The molecular formula is C7H9NO2. The molecule has 0 unspecified atom stereocenters. The highest BCUT2D eigenvalue weighted by Gasteiger charge is 2.01. The molecule has 1 rings (SSSR count). The van der Waals surface area contributed by atoms with Crippen LogP contribution in [0.4, 0.5) is 0 Å². The van der Waals surface area contributed by atoms with Crippen molar-refractivity contribution in [3.05, 3.63) is 17.5 Å². The van der Waals surface area contributed by atoms with E-state index in [0.717, 1.165) is 5.76 Å². The number of Topliss-reactive ketones (excluding diaryl/α,β-unsaturated/α-hetero) is 1. The molecule has 0 spiro atoms. The number of aryl methyl sites for hydroxylation is 1. The molecule has 1 aromatic rings. The SMILES string of the molecule is CC(=O)Cc1cc(C)on1. The Morgan fingerprint density at radius 1 is 1.80 bits per heavy atom. The van der Waals surface area contributed by atoms with Crippen LogP contribution in [0.2, 0.25) is 0 Å². The largest absolute Gasteiger partial charge is 0.361 e. The van der Waals surface area contributed by atoms with Gasteiger partial charge in [0.15, 0.2) is 0 Å². The van der Waals surface area contributed by atoms with E-state index in [-0.39, 0.29) is 5.78 Å². The van der Waals surface area contributed by atoms with Gasteiger partial charge in [0.25, 0.3) is 0 Å². The zero-order valence-electron chi connectivity index (χ0n) is 6.05. The van der Waals surface area contributed by atoms with Crippen LogP contribution in [-0.2, 0) is 11.2 Å². The van der Waals surface area contributed by atoms with Crippen LogP contribution in [0.15, 0.2) is 10.6 Å². The number of hydrogen-bond donors (Lipinski definition) is 0. The molecule has 0 radical (unpaired) electrons. The smallest absolute Gasteiger partial charge is 0.135 e. The van der Waals surface area contributed by atoms with Crippen LogP contribution in [0.5, 0.6) is 0 Å². The molecule has 0 atom stereocenters. The van der Waals surface area contributed by atoms with Crippen molar-refractivity contribution in [3.63, 3.8) is 0 Å². The summed E-state index contributed by atoms with van der Waals surface area (Å²) in [7, 11) is 0. The number of ketones is 1. The first-order chi connectivity index (χ1) is 4.68. The Balaban J connectivity index is 2.67. The number of hydrogen-bond acceptors (Lipinski definition) is 3. The fourth-order valence-electron chi connectivity index (χ4n) is 0.756. The summed E-state index contributed by atoms with van der Waals surface area (Å²) in [6.07, 6.45) is 0.372. The maximum atomic E-state index is 10.5. The Morgan fingerprint density at radius 2 is 2.50 bits per heavy atom. The van der Waals surface area contributed by atoms with E-state index in [9.17, 15) is 4.79 Å². The lowest BCUT2D eigenvalue weighted by atomic mass is 10.2. The first kappa shape index (κ1) is 6.99. The number of carbonyl (C=O) groups is 1. The maximum absolute atomic E-state index is 10.5. The fourth-order valence-corrected chi connectivity index (χ4v) is 0.756. The Hall–Kier alpha value is -1.12. The fraction of sp³-hybridized carbons (Fsp3) is 0.429. The van der Waals surface area contributed by atoms with Gasteiger partial charge in [-0.15, -0.1) is 0 Å². The Bertz CT molecular complexity index is 240. The summed E-state index contributed by atoms with van der Waals surface area (Å²) >= 11 is 0. The van der Waals surface area contributed by atoms with E-state index in [0.29, 0.717) is 12.1 Å². The van der Waals surface area contributed by atoms with E-state index in [1.54, 1.807) is 13.0 Å². The first-order valence-electron chi connectivity index (χ1n) is 3.10. The van der Waals surface area contributed by atoms with E-state index >= 15 is 0 Å². The van der Waals surface area contributed by atoms with E-state index in [1.165, 1.54) is 6.92 Å². The standard InChI is InChI=1S/C7H9NO2/c1-5(9)3-7-4-6(2)10-8-7/h4H,3H2,1-2H3. The average Bonchev–Trinajstić information content (AvgIpc) is 2.13. The monoisotopic (exact) mass is 139 g/mol. The molecule has 0 fully saturated rings. The molecule has 0 N–H and O–H groups in total. The van der Waals surface area contributed by atoms with Gasteiger partial charge in [0.2, 0.25) is 0 Å². The van der Waals surface area contributed by atoms with E-state index in [4.69, 9.17) is 4.52 Å². The molecule has 0 saturated carbocycles. The normalized spacial score (nSPS) is 9.80. The van der Waals surface area contributed by atoms with E-state index < -0.39 is 0 Å². The minimum Gasteiger partial charge on any atom is -0.361 e. The van der Waals surface area contributed by atoms with Gasteiger partial charge in [0.1, 0.15) is 11.5 Å². The lowest BCUT2D eigenvalue weighted by Gasteiger charge is -1.83. The summed E-state index contributed by atoms with van der Waals surface area (Å²) in [4.78, 5) is 10.5. The minimum atomic E-state index is 0.105. The van der Waals surface area contributed by atoms with Crippen LogP contribution in [0.1, 0.15) is 18.4 Å². The van der Waals surface area contributed by atoms with Crippen LogP contribution >= 0.6 is 0 Å². The summed E-state index contributed by atoms with van der Waals surface area (Å²) in [6, 6.07) is 1.77. The third kappa shape index (κ3) is 1.69. The van der Waals surface area contributed by atoms with Gasteiger partial charge in [-0.05, 0) is 13.8 Å². The second kappa shape index (κ2) is 2.64. The van der Waals surface area contributed by atoms with Crippen LogP contribution < -0.4 is 0 Å². The quantitative estimate of drug-likeness (QED) is 0.616. The highest BCUT2D eigenvalue weighted by molar-refractivity contribution is 5.77. The highest BCUT2D eigenvalue weighted by atomic mass is 16.5. The van der Waals surface area contributed by atoms with Gasteiger partial charge in [-0.3, -0.25) is 4.79 Å². The zero-order chi connectivity index (χ0) is 7.56. The number of carbonyl (C=O) groups excluding carboxylic acids is 1. The molecule has 3 nitrogen and oxygen atoms in total. The average molecular weight is 139 g/mol. The van der Waals surface area contributed by atoms with Crippen molar-refractivity contribution < 1.29 is 9.32 Å². The van der Waals surface area contributed by atoms with Crippen LogP contribution in [-0.4, -0.2) is 10.9 Å². The van der Waals surface area contributed by atoms with Crippen molar-refractivity contribution >= 4 is 5.78 Å². The molecule has 0 aliphatic heterocycles. The second-order valence-corrected chi connectivity index (χ2v) is 2.31. The molecule has 0 saturated heterocycles. The van der Waals surface area contributed by atoms with Gasteiger partial charge < -0.3 is 4.52 Å². The Labute approximate surface area is 59.0 Å². The molecule has 3 heteroatoms. The van der Waals surface area contributed by atoms with E-state index in [1.807, 2.05) is 0 Å².